The van der Waals surface area contributed by atoms with Crippen molar-refractivity contribution in [3.8, 4) is 0 Å². The summed E-state index contributed by atoms with van der Waals surface area (Å²) in [6.07, 6.45) is -3.99. The Hall–Kier alpha value is -1.86. The monoisotopic (exact) mass is 276 g/mol. The second-order valence-corrected chi connectivity index (χ2v) is 3.90. The molecule has 1 heterocycles. The fourth-order valence-corrected chi connectivity index (χ4v) is 1.48. The molecule has 19 heavy (non-hydrogen) atoms. The Bertz CT molecular complexity index is 419. The van der Waals surface area contributed by atoms with E-state index in [4.69, 9.17) is 0 Å². The number of nitrogens with zero attached hydrogens (tertiary/aromatic N) is 3. The maximum absolute atomic E-state index is 12.4. The quantitative estimate of drug-likeness (QED) is 0.892. The third-order valence-corrected chi connectivity index (χ3v) is 2.29. The second-order valence-electron chi connectivity index (χ2n) is 3.90. The largest absolute Gasteiger partial charge is 0.406 e. The number of hydrogen-bond donors (Lipinski definition) is 1. The van der Waals surface area contributed by atoms with E-state index < -0.39 is 18.6 Å². The molecule has 0 radical (unpaired) electrons. The molecule has 0 spiro atoms. The molecule has 1 aromatic heterocycles. The Morgan fingerprint density at radius 1 is 1.37 bits per heavy atom. The van der Waals surface area contributed by atoms with Gasteiger partial charge in [-0.1, -0.05) is 6.92 Å². The summed E-state index contributed by atoms with van der Waals surface area (Å²) < 4.78 is 37.2. The van der Waals surface area contributed by atoms with Crippen molar-refractivity contribution >= 4 is 11.7 Å². The third-order valence-electron chi connectivity index (χ3n) is 2.29. The number of carbonyl (C=O) groups is 1. The number of rotatable bonds is 5. The van der Waals surface area contributed by atoms with E-state index in [1.807, 2.05) is 0 Å². The van der Waals surface area contributed by atoms with Gasteiger partial charge in [0, 0.05) is 13.6 Å². The summed E-state index contributed by atoms with van der Waals surface area (Å²) in [6.45, 7) is 0.440. The molecular formula is C11H15F3N4O. The van der Waals surface area contributed by atoms with E-state index in [9.17, 15) is 18.0 Å². The van der Waals surface area contributed by atoms with Crippen molar-refractivity contribution in [2.24, 2.45) is 0 Å². The maximum atomic E-state index is 12.4. The molecule has 0 bridgehead atoms. The summed E-state index contributed by atoms with van der Waals surface area (Å²) >= 11 is 0. The molecule has 0 aliphatic heterocycles. The zero-order chi connectivity index (χ0) is 14.5. The summed E-state index contributed by atoms with van der Waals surface area (Å²) in [7, 11) is 1.62. The standard InChI is InChI=1S/C11H15F3N4O/c1-3-6-18(7-11(12,13)14)10(19)8-4-5-9(15-2)17-16-8/h4-5H,3,6-7H2,1-2H3,(H,15,17). The smallest absolute Gasteiger partial charge is 0.372 e. The highest BCUT2D eigenvalue weighted by molar-refractivity contribution is 5.92. The van der Waals surface area contributed by atoms with E-state index in [1.54, 1.807) is 14.0 Å². The van der Waals surface area contributed by atoms with Gasteiger partial charge in [-0.05, 0) is 18.6 Å². The van der Waals surface area contributed by atoms with Crippen molar-refractivity contribution in [2.45, 2.75) is 19.5 Å². The van der Waals surface area contributed by atoms with Gasteiger partial charge in [-0.2, -0.15) is 13.2 Å². The first-order chi connectivity index (χ1) is 8.87. The van der Waals surface area contributed by atoms with Gasteiger partial charge in [0.1, 0.15) is 12.4 Å². The van der Waals surface area contributed by atoms with Crippen molar-refractivity contribution in [1.29, 1.82) is 0 Å². The molecule has 106 valence electrons. The van der Waals surface area contributed by atoms with Crippen LogP contribution >= 0.6 is 0 Å². The normalized spacial score (nSPS) is 11.2. The lowest BCUT2D eigenvalue weighted by atomic mass is 10.3. The number of alkyl halides is 3. The van der Waals surface area contributed by atoms with Crippen molar-refractivity contribution in [2.75, 3.05) is 25.5 Å². The van der Waals surface area contributed by atoms with Gasteiger partial charge in [0.15, 0.2) is 5.69 Å². The van der Waals surface area contributed by atoms with Crippen molar-refractivity contribution in [3.05, 3.63) is 17.8 Å². The molecule has 0 unspecified atom stereocenters. The van der Waals surface area contributed by atoms with Gasteiger partial charge < -0.3 is 10.2 Å². The van der Waals surface area contributed by atoms with Crippen LogP contribution in [0.4, 0.5) is 19.0 Å². The van der Waals surface area contributed by atoms with Gasteiger partial charge in [-0.15, -0.1) is 10.2 Å². The van der Waals surface area contributed by atoms with Crippen molar-refractivity contribution < 1.29 is 18.0 Å². The lowest BCUT2D eigenvalue weighted by Gasteiger charge is -2.22. The van der Waals surface area contributed by atoms with Gasteiger partial charge in [-0.3, -0.25) is 4.79 Å². The molecule has 0 atom stereocenters. The number of hydrogen-bond acceptors (Lipinski definition) is 4. The number of carbonyl (C=O) groups excluding carboxylic acids is 1. The molecule has 0 saturated carbocycles. The highest BCUT2D eigenvalue weighted by Crippen LogP contribution is 2.18. The highest BCUT2D eigenvalue weighted by Gasteiger charge is 2.33. The van der Waals surface area contributed by atoms with Gasteiger partial charge in [0.2, 0.25) is 0 Å². The highest BCUT2D eigenvalue weighted by atomic mass is 19.4. The molecule has 0 fully saturated rings. The minimum Gasteiger partial charge on any atom is -0.372 e. The SMILES string of the molecule is CCCN(CC(F)(F)F)C(=O)c1ccc(NC)nn1. The van der Waals surface area contributed by atoms with E-state index in [-0.39, 0.29) is 12.2 Å². The summed E-state index contributed by atoms with van der Waals surface area (Å²) in [4.78, 5) is 12.6. The number of nitrogens with one attached hydrogen (secondary N) is 1. The van der Waals surface area contributed by atoms with E-state index in [2.05, 4.69) is 15.5 Å². The minimum atomic E-state index is -4.43. The number of anilines is 1. The first-order valence-electron chi connectivity index (χ1n) is 5.75. The molecule has 8 heteroatoms. The third kappa shape index (κ3) is 4.72. The summed E-state index contributed by atoms with van der Waals surface area (Å²) in [6, 6.07) is 2.83. The molecule has 1 aromatic rings. The molecule has 0 aliphatic carbocycles. The molecule has 0 aromatic carbocycles. The van der Waals surface area contributed by atoms with Crippen LogP contribution < -0.4 is 5.32 Å². The second kappa shape index (κ2) is 6.35. The van der Waals surface area contributed by atoms with Crippen LogP contribution in [-0.4, -0.2) is 47.3 Å². The summed E-state index contributed by atoms with van der Waals surface area (Å²) in [5, 5.41) is 9.99. The van der Waals surface area contributed by atoms with Crippen LogP contribution in [-0.2, 0) is 0 Å². The lowest BCUT2D eigenvalue weighted by Crippen LogP contribution is -2.39. The number of amides is 1. The van der Waals surface area contributed by atoms with Gasteiger partial charge in [0.25, 0.3) is 5.91 Å². The van der Waals surface area contributed by atoms with Crippen LogP contribution in [0.25, 0.3) is 0 Å². The van der Waals surface area contributed by atoms with E-state index in [0.717, 1.165) is 4.90 Å². The Morgan fingerprint density at radius 3 is 2.47 bits per heavy atom. The van der Waals surface area contributed by atoms with Gasteiger partial charge in [-0.25, -0.2) is 0 Å². The molecule has 1 rings (SSSR count). The predicted molar refractivity (Wildman–Crippen MR) is 63.8 cm³/mol. The number of aromatic nitrogens is 2. The van der Waals surface area contributed by atoms with Crippen LogP contribution in [0.15, 0.2) is 12.1 Å². The molecule has 1 amide bonds. The fourth-order valence-electron chi connectivity index (χ4n) is 1.48. The van der Waals surface area contributed by atoms with Crippen molar-refractivity contribution in [1.82, 2.24) is 15.1 Å². The Balaban J connectivity index is 2.85. The van der Waals surface area contributed by atoms with Gasteiger partial charge in [0.05, 0.1) is 0 Å². The summed E-state index contributed by atoms with van der Waals surface area (Å²) in [5.41, 5.74) is -0.100. The van der Waals surface area contributed by atoms with E-state index in [1.165, 1.54) is 12.1 Å². The molecule has 1 N–H and O–H groups in total. The average Bonchev–Trinajstić information content (AvgIpc) is 2.36. The zero-order valence-corrected chi connectivity index (χ0v) is 10.7. The van der Waals surface area contributed by atoms with Crippen LogP contribution in [0.1, 0.15) is 23.8 Å². The maximum Gasteiger partial charge on any atom is 0.406 e. The lowest BCUT2D eigenvalue weighted by molar-refractivity contribution is -0.140. The average molecular weight is 276 g/mol. The van der Waals surface area contributed by atoms with Gasteiger partial charge >= 0.3 is 6.18 Å². The number of halogens is 3. The first kappa shape index (κ1) is 15.2. The van der Waals surface area contributed by atoms with Crippen LogP contribution in [0.5, 0.6) is 0 Å². The first-order valence-corrected chi connectivity index (χ1v) is 5.75. The van der Waals surface area contributed by atoms with Crippen LogP contribution in [0, 0.1) is 0 Å². The summed E-state index contributed by atoms with van der Waals surface area (Å²) in [5.74, 6) is -0.330. The van der Waals surface area contributed by atoms with Crippen molar-refractivity contribution in [3.63, 3.8) is 0 Å². The topological polar surface area (TPSA) is 58.1 Å². The van der Waals surface area contributed by atoms with E-state index in [0.29, 0.717) is 12.2 Å². The van der Waals surface area contributed by atoms with E-state index >= 15 is 0 Å². The Kier molecular flexibility index (Phi) is 5.08. The molecular weight excluding hydrogens is 261 g/mol. The Morgan fingerprint density at radius 2 is 2.05 bits per heavy atom. The van der Waals surface area contributed by atoms with Crippen LogP contribution in [0.2, 0.25) is 0 Å². The fraction of sp³-hybridized carbons (Fsp3) is 0.545. The predicted octanol–water partition coefficient (Wildman–Crippen LogP) is 1.93. The molecule has 0 aliphatic rings. The molecule has 5 nitrogen and oxygen atoms in total. The zero-order valence-electron chi connectivity index (χ0n) is 10.7. The molecule has 0 saturated heterocycles. The Labute approximate surface area is 108 Å². The van der Waals surface area contributed by atoms with Crippen LogP contribution in [0.3, 0.4) is 0 Å². The minimum absolute atomic E-state index is 0.0216.